The van der Waals surface area contributed by atoms with Crippen molar-refractivity contribution < 1.29 is 13.9 Å². The van der Waals surface area contributed by atoms with Gasteiger partial charge >= 0.3 is 0 Å². The van der Waals surface area contributed by atoms with E-state index in [9.17, 15) is 4.39 Å². The van der Waals surface area contributed by atoms with Gasteiger partial charge in [-0.25, -0.2) is 4.39 Å². The molecule has 0 aliphatic carbocycles. The molecule has 3 nitrogen and oxygen atoms in total. The fourth-order valence-electron chi connectivity index (χ4n) is 2.91. The van der Waals surface area contributed by atoms with Gasteiger partial charge in [0.25, 0.3) is 0 Å². The van der Waals surface area contributed by atoms with Crippen LogP contribution in [0.1, 0.15) is 22.7 Å². The minimum atomic E-state index is -0.262. The zero-order valence-corrected chi connectivity index (χ0v) is 12.2. The summed E-state index contributed by atoms with van der Waals surface area (Å²) < 4.78 is 24.8. The third-order valence-electron chi connectivity index (χ3n) is 3.94. The Balaban J connectivity index is 2.06. The van der Waals surface area contributed by atoms with E-state index in [1.807, 2.05) is 18.2 Å². The van der Waals surface area contributed by atoms with Gasteiger partial charge in [-0.2, -0.15) is 0 Å². The van der Waals surface area contributed by atoms with Crippen molar-refractivity contribution in [2.45, 2.75) is 12.5 Å². The molecule has 1 heterocycles. The summed E-state index contributed by atoms with van der Waals surface area (Å²) in [6.45, 7) is 0.795. The van der Waals surface area contributed by atoms with Crippen LogP contribution >= 0.6 is 0 Å². The van der Waals surface area contributed by atoms with Crippen LogP contribution in [0.4, 0.5) is 4.39 Å². The van der Waals surface area contributed by atoms with Crippen LogP contribution in [-0.4, -0.2) is 20.8 Å². The summed E-state index contributed by atoms with van der Waals surface area (Å²) in [5.41, 5.74) is 2.86. The molecule has 1 N–H and O–H groups in total. The Labute approximate surface area is 123 Å². The van der Waals surface area contributed by atoms with Gasteiger partial charge in [-0.15, -0.1) is 0 Å². The molecule has 0 saturated heterocycles. The van der Waals surface area contributed by atoms with E-state index in [0.29, 0.717) is 11.3 Å². The van der Waals surface area contributed by atoms with E-state index in [1.54, 1.807) is 19.2 Å². The lowest BCUT2D eigenvalue weighted by Crippen LogP contribution is -2.31. The number of rotatable bonds is 3. The monoisotopic (exact) mass is 287 g/mol. The summed E-state index contributed by atoms with van der Waals surface area (Å²) in [4.78, 5) is 0. The van der Waals surface area contributed by atoms with Gasteiger partial charge in [-0.3, -0.25) is 0 Å². The molecule has 0 spiro atoms. The SMILES string of the molecule is COc1ccc(C2NCCc3c(OC)cccc32)c(F)c1. The molecular formula is C17H18FNO2. The van der Waals surface area contributed by atoms with Gasteiger partial charge in [0, 0.05) is 23.7 Å². The first-order valence-corrected chi connectivity index (χ1v) is 6.97. The van der Waals surface area contributed by atoms with E-state index in [2.05, 4.69) is 5.32 Å². The number of halogens is 1. The van der Waals surface area contributed by atoms with Crippen molar-refractivity contribution in [3.05, 3.63) is 58.9 Å². The highest BCUT2D eigenvalue weighted by Crippen LogP contribution is 2.35. The van der Waals surface area contributed by atoms with E-state index >= 15 is 0 Å². The molecule has 0 saturated carbocycles. The maximum Gasteiger partial charge on any atom is 0.132 e. The predicted molar refractivity (Wildman–Crippen MR) is 79.5 cm³/mol. The molecule has 0 bridgehead atoms. The van der Waals surface area contributed by atoms with Gasteiger partial charge in [-0.05, 0) is 24.1 Å². The molecule has 1 unspecified atom stereocenters. The van der Waals surface area contributed by atoms with Crippen molar-refractivity contribution in [3.8, 4) is 11.5 Å². The van der Waals surface area contributed by atoms with E-state index in [4.69, 9.17) is 9.47 Å². The summed E-state index contributed by atoms with van der Waals surface area (Å²) in [5, 5.41) is 3.38. The molecule has 110 valence electrons. The number of benzene rings is 2. The van der Waals surface area contributed by atoms with Crippen molar-refractivity contribution in [3.63, 3.8) is 0 Å². The Bertz CT molecular complexity index is 657. The summed E-state index contributed by atoms with van der Waals surface area (Å²) in [5.74, 6) is 1.13. The minimum Gasteiger partial charge on any atom is -0.497 e. The number of nitrogens with one attached hydrogen (secondary N) is 1. The quantitative estimate of drug-likeness (QED) is 0.941. The van der Waals surface area contributed by atoms with Crippen molar-refractivity contribution in [1.29, 1.82) is 0 Å². The van der Waals surface area contributed by atoms with Crippen LogP contribution in [0.3, 0.4) is 0 Å². The van der Waals surface area contributed by atoms with E-state index in [-0.39, 0.29) is 11.9 Å². The Hall–Kier alpha value is -2.07. The fourth-order valence-corrected chi connectivity index (χ4v) is 2.91. The van der Waals surface area contributed by atoms with Gasteiger partial charge in [0.15, 0.2) is 0 Å². The lowest BCUT2D eigenvalue weighted by molar-refractivity contribution is 0.401. The third-order valence-corrected chi connectivity index (χ3v) is 3.94. The fraction of sp³-hybridized carbons (Fsp3) is 0.294. The molecule has 0 aromatic heterocycles. The van der Waals surface area contributed by atoms with E-state index < -0.39 is 0 Å². The van der Waals surface area contributed by atoms with Crippen LogP contribution in [0.25, 0.3) is 0 Å². The van der Waals surface area contributed by atoms with Gasteiger partial charge in [-0.1, -0.05) is 18.2 Å². The van der Waals surface area contributed by atoms with Crippen LogP contribution in [0.2, 0.25) is 0 Å². The Morgan fingerprint density at radius 1 is 1.10 bits per heavy atom. The van der Waals surface area contributed by atoms with Crippen molar-refractivity contribution in [2.24, 2.45) is 0 Å². The molecular weight excluding hydrogens is 269 g/mol. The molecule has 1 atom stereocenters. The minimum absolute atomic E-state index is 0.158. The van der Waals surface area contributed by atoms with Crippen LogP contribution in [0.5, 0.6) is 11.5 Å². The van der Waals surface area contributed by atoms with Crippen LogP contribution < -0.4 is 14.8 Å². The number of fused-ring (bicyclic) bond motifs is 1. The smallest absolute Gasteiger partial charge is 0.132 e. The maximum absolute atomic E-state index is 14.3. The van der Waals surface area contributed by atoms with Gasteiger partial charge < -0.3 is 14.8 Å². The first-order chi connectivity index (χ1) is 10.2. The van der Waals surface area contributed by atoms with Crippen molar-refractivity contribution in [1.82, 2.24) is 5.32 Å². The predicted octanol–water partition coefficient (Wildman–Crippen LogP) is 3.08. The molecule has 4 heteroatoms. The summed E-state index contributed by atoms with van der Waals surface area (Å²) in [6, 6.07) is 10.7. The molecule has 2 aromatic carbocycles. The first kappa shape index (κ1) is 13.9. The summed E-state index contributed by atoms with van der Waals surface area (Å²) in [7, 11) is 3.20. The second-order valence-corrected chi connectivity index (χ2v) is 5.05. The van der Waals surface area contributed by atoms with Crippen LogP contribution in [0, 0.1) is 5.82 Å². The molecule has 0 radical (unpaired) electrons. The lowest BCUT2D eigenvalue weighted by atomic mass is 9.89. The van der Waals surface area contributed by atoms with Gasteiger partial charge in [0.1, 0.15) is 17.3 Å². The largest absolute Gasteiger partial charge is 0.497 e. The second-order valence-electron chi connectivity index (χ2n) is 5.05. The first-order valence-electron chi connectivity index (χ1n) is 6.97. The summed E-state index contributed by atoms with van der Waals surface area (Å²) >= 11 is 0. The molecule has 3 rings (SSSR count). The maximum atomic E-state index is 14.3. The van der Waals surface area contributed by atoms with Crippen molar-refractivity contribution in [2.75, 3.05) is 20.8 Å². The highest BCUT2D eigenvalue weighted by atomic mass is 19.1. The highest BCUT2D eigenvalue weighted by Gasteiger charge is 2.25. The molecule has 1 aliphatic rings. The standard InChI is InChI=1S/C17H18FNO2/c1-20-11-6-7-14(15(18)10-11)17-13-4-3-5-16(21-2)12(13)8-9-19-17/h3-7,10,17,19H,8-9H2,1-2H3. The average molecular weight is 287 g/mol. The normalized spacial score (nSPS) is 17.2. The van der Waals surface area contributed by atoms with Crippen LogP contribution in [-0.2, 0) is 6.42 Å². The summed E-state index contributed by atoms with van der Waals surface area (Å²) in [6.07, 6.45) is 0.883. The van der Waals surface area contributed by atoms with E-state index in [0.717, 1.165) is 29.8 Å². The number of hydrogen-bond acceptors (Lipinski definition) is 3. The average Bonchev–Trinajstić information content (AvgIpc) is 2.53. The zero-order chi connectivity index (χ0) is 14.8. The molecule has 2 aromatic rings. The number of hydrogen-bond donors (Lipinski definition) is 1. The number of methoxy groups -OCH3 is 2. The molecule has 21 heavy (non-hydrogen) atoms. The second kappa shape index (κ2) is 5.74. The topological polar surface area (TPSA) is 30.5 Å². The van der Waals surface area contributed by atoms with Crippen LogP contribution in [0.15, 0.2) is 36.4 Å². The highest BCUT2D eigenvalue weighted by molar-refractivity contribution is 5.48. The number of ether oxygens (including phenoxy) is 2. The third kappa shape index (κ3) is 2.47. The molecule has 0 amide bonds. The molecule has 1 aliphatic heterocycles. The zero-order valence-electron chi connectivity index (χ0n) is 12.2. The van der Waals surface area contributed by atoms with Gasteiger partial charge in [0.05, 0.1) is 20.3 Å². The Morgan fingerprint density at radius 3 is 2.67 bits per heavy atom. The van der Waals surface area contributed by atoms with Crippen molar-refractivity contribution >= 4 is 0 Å². The lowest BCUT2D eigenvalue weighted by Gasteiger charge is -2.28. The van der Waals surface area contributed by atoms with E-state index in [1.165, 1.54) is 13.2 Å². The Morgan fingerprint density at radius 2 is 1.95 bits per heavy atom. The molecule has 0 fully saturated rings. The van der Waals surface area contributed by atoms with Gasteiger partial charge in [0.2, 0.25) is 0 Å². The Kier molecular flexibility index (Phi) is 3.80.